The lowest BCUT2D eigenvalue weighted by Gasteiger charge is -2.27. The molecule has 1 aliphatic rings. The highest BCUT2D eigenvalue weighted by Crippen LogP contribution is 2.46. The first-order chi connectivity index (χ1) is 19.5. The Morgan fingerprint density at radius 3 is 2.30 bits per heavy atom. The molecular weight excluding hydrogens is 531 g/mol. The second kappa shape index (κ2) is 10.5. The van der Waals surface area contributed by atoms with Gasteiger partial charge in [0.1, 0.15) is 28.7 Å². The summed E-state index contributed by atoms with van der Waals surface area (Å²) in [7, 11) is 3.23. The number of imidazole rings is 1. The van der Waals surface area contributed by atoms with E-state index in [1.807, 2.05) is 54.6 Å². The Balaban J connectivity index is 1.48. The van der Waals surface area contributed by atoms with Gasteiger partial charge in [0.25, 0.3) is 5.91 Å². The molecule has 0 aliphatic carbocycles. The van der Waals surface area contributed by atoms with Gasteiger partial charge >= 0.3 is 0 Å². The molecule has 7 nitrogen and oxygen atoms in total. The Kier molecular flexibility index (Phi) is 6.77. The highest BCUT2D eigenvalue weighted by atomic mass is 35.5. The van der Waals surface area contributed by atoms with Crippen LogP contribution in [-0.2, 0) is 13.1 Å². The molecule has 0 bridgehead atoms. The first-order valence-corrected chi connectivity index (χ1v) is 13.1. The minimum atomic E-state index is -0.641. The van der Waals surface area contributed by atoms with Crippen molar-refractivity contribution in [3.05, 3.63) is 124 Å². The van der Waals surface area contributed by atoms with Crippen molar-refractivity contribution in [2.24, 2.45) is 0 Å². The molecule has 9 heteroatoms. The number of benzene rings is 3. The fourth-order valence-corrected chi connectivity index (χ4v) is 5.43. The van der Waals surface area contributed by atoms with E-state index in [2.05, 4.69) is 10.3 Å². The van der Waals surface area contributed by atoms with Gasteiger partial charge in [0.05, 0.1) is 20.3 Å². The van der Waals surface area contributed by atoms with Crippen molar-refractivity contribution in [3.8, 4) is 11.5 Å². The number of carbonyl (C=O) groups excluding carboxylic acids is 1. The van der Waals surface area contributed by atoms with Crippen molar-refractivity contribution < 1.29 is 18.7 Å². The van der Waals surface area contributed by atoms with Crippen LogP contribution in [0.3, 0.4) is 0 Å². The number of ether oxygens (including phenoxy) is 2. The smallest absolute Gasteiger partial charge is 0.272 e. The lowest BCUT2D eigenvalue weighted by Crippen LogP contribution is -2.29. The monoisotopic (exact) mass is 556 g/mol. The van der Waals surface area contributed by atoms with Crippen molar-refractivity contribution in [1.82, 2.24) is 14.3 Å². The van der Waals surface area contributed by atoms with E-state index >= 15 is 0 Å². The van der Waals surface area contributed by atoms with Gasteiger partial charge in [0.2, 0.25) is 0 Å². The van der Waals surface area contributed by atoms with Crippen LogP contribution in [0.25, 0.3) is 5.65 Å². The first-order valence-electron chi connectivity index (χ1n) is 12.7. The van der Waals surface area contributed by atoms with E-state index in [9.17, 15) is 9.18 Å². The first kappa shape index (κ1) is 25.7. The number of nitrogens with one attached hydrogen (secondary N) is 1. The number of aromatic nitrogens is 2. The fourth-order valence-electron chi connectivity index (χ4n) is 5.20. The van der Waals surface area contributed by atoms with Gasteiger partial charge in [-0.1, -0.05) is 35.9 Å². The molecule has 0 saturated heterocycles. The standard InChI is InChI=1S/C31H26ClFN4O3/c1-39-22-8-3-19(4-9-22)17-35-26-16-27-34-13-14-36(27)30-28(26)29(24-15-21(33)7-12-25(24)32)37(31(30)38)18-20-5-10-23(40-2)11-6-20/h3-16,29,35H,17-18H2,1-2H3. The SMILES string of the molecule is COc1ccc(CNc2cc3nccn3c3c2C(c2cc(F)ccc2Cl)N(Cc2ccc(OC)cc2)C3=O)cc1. The summed E-state index contributed by atoms with van der Waals surface area (Å²) in [5, 5.41) is 3.88. The number of nitrogens with zero attached hydrogens (tertiary/aromatic N) is 3. The van der Waals surface area contributed by atoms with Crippen molar-refractivity contribution in [1.29, 1.82) is 0 Å². The number of hydrogen-bond acceptors (Lipinski definition) is 5. The van der Waals surface area contributed by atoms with Gasteiger partial charge < -0.3 is 19.7 Å². The normalized spacial score (nSPS) is 14.4. The molecule has 0 saturated carbocycles. The second-order valence-corrected chi connectivity index (χ2v) is 9.93. The van der Waals surface area contributed by atoms with Gasteiger partial charge in [-0.05, 0) is 53.6 Å². The Morgan fingerprint density at radius 1 is 0.950 bits per heavy atom. The molecular formula is C31H26ClFN4O3. The van der Waals surface area contributed by atoms with E-state index in [0.717, 1.165) is 28.3 Å². The molecule has 1 unspecified atom stereocenters. The van der Waals surface area contributed by atoms with E-state index in [1.165, 1.54) is 18.2 Å². The van der Waals surface area contributed by atoms with Crippen LogP contribution in [-0.4, -0.2) is 34.4 Å². The zero-order valence-corrected chi connectivity index (χ0v) is 22.7. The lowest BCUT2D eigenvalue weighted by molar-refractivity contribution is 0.0730. The summed E-state index contributed by atoms with van der Waals surface area (Å²) in [6.45, 7) is 0.771. The Hall–Kier alpha value is -4.56. The van der Waals surface area contributed by atoms with Crippen molar-refractivity contribution in [2.45, 2.75) is 19.1 Å². The third-order valence-corrected chi connectivity index (χ3v) is 7.53. The fraction of sp³-hybridized carbons (Fsp3) is 0.161. The highest BCUT2D eigenvalue weighted by Gasteiger charge is 2.42. The summed E-state index contributed by atoms with van der Waals surface area (Å²) < 4.78 is 27.0. The predicted octanol–water partition coefficient (Wildman–Crippen LogP) is 6.50. The number of methoxy groups -OCH3 is 2. The molecule has 0 radical (unpaired) electrons. The van der Waals surface area contributed by atoms with Crippen LogP contribution in [0.2, 0.25) is 5.02 Å². The number of carbonyl (C=O) groups is 1. The molecule has 1 N–H and O–H groups in total. The van der Waals surface area contributed by atoms with Gasteiger partial charge in [-0.3, -0.25) is 9.20 Å². The highest BCUT2D eigenvalue weighted by molar-refractivity contribution is 6.31. The van der Waals surface area contributed by atoms with Crippen LogP contribution in [0, 0.1) is 5.82 Å². The molecule has 3 aromatic carbocycles. The van der Waals surface area contributed by atoms with Crippen molar-refractivity contribution in [2.75, 3.05) is 19.5 Å². The molecule has 1 atom stereocenters. The summed E-state index contributed by atoms with van der Waals surface area (Å²) in [6, 6.07) is 20.8. The largest absolute Gasteiger partial charge is 0.497 e. The van der Waals surface area contributed by atoms with Gasteiger partial charge in [-0.2, -0.15) is 0 Å². The third kappa shape index (κ3) is 4.60. The van der Waals surface area contributed by atoms with E-state index in [4.69, 9.17) is 21.1 Å². The van der Waals surface area contributed by atoms with Crippen LogP contribution >= 0.6 is 11.6 Å². The minimum absolute atomic E-state index is 0.202. The molecule has 6 rings (SSSR count). The summed E-state index contributed by atoms with van der Waals surface area (Å²) in [5.74, 6) is 0.854. The average molecular weight is 557 g/mol. The molecule has 1 aliphatic heterocycles. The maximum atomic E-state index is 14.6. The topological polar surface area (TPSA) is 68.1 Å². The summed E-state index contributed by atoms with van der Waals surface area (Å²) in [5.41, 5.74) is 4.96. The second-order valence-electron chi connectivity index (χ2n) is 9.53. The maximum Gasteiger partial charge on any atom is 0.272 e. The van der Waals surface area contributed by atoms with Crippen molar-refractivity contribution >= 4 is 28.8 Å². The van der Waals surface area contributed by atoms with Crippen molar-refractivity contribution in [3.63, 3.8) is 0 Å². The predicted molar refractivity (Wildman–Crippen MR) is 152 cm³/mol. The van der Waals surface area contributed by atoms with Gasteiger partial charge in [-0.15, -0.1) is 0 Å². The van der Waals surface area contributed by atoms with Gasteiger partial charge in [0, 0.05) is 53.4 Å². The number of amides is 1. The van der Waals surface area contributed by atoms with Gasteiger partial charge in [-0.25, -0.2) is 9.37 Å². The molecule has 3 heterocycles. The minimum Gasteiger partial charge on any atom is -0.497 e. The van der Waals surface area contributed by atoms with Crippen LogP contribution in [0.1, 0.15) is 38.8 Å². The van der Waals surface area contributed by atoms with E-state index in [-0.39, 0.29) is 12.5 Å². The number of pyridine rings is 1. The summed E-state index contributed by atoms with van der Waals surface area (Å²) in [6.07, 6.45) is 3.42. The van der Waals surface area contributed by atoms with Crippen LogP contribution < -0.4 is 14.8 Å². The Morgan fingerprint density at radius 2 is 1.62 bits per heavy atom. The Bertz CT molecular complexity index is 1700. The molecule has 5 aromatic rings. The number of fused-ring (bicyclic) bond motifs is 3. The van der Waals surface area contributed by atoms with E-state index in [0.29, 0.717) is 34.0 Å². The van der Waals surface area contributed by atoms with Crippen LogP contribution in [0.15, 0.2) is 85.2 Å². The number of anilines is 1. The zero-order chi connectivity index (χ0) is 27.8. The molecule has 40 heavy (non-hydrogen) atoms. The average Bonchev–Trinajstić information content (AvgIpc) is 3.56. The van der Waals surface area contributed by atoms with Crippen LogP contribution in [0.4, 0.5) is 10.1 Å². The van der Waals surface area contributed by atoms with Gasteiger partial charge in [0.15, 0.2) is 0 Å². The maximum absolute atomic E-state index is 14.6. The quantitative estimate of drug-likeness (QED) is 0.236. The summed E-state index contributed by atoms with van der Waals surface area (Å²) in [4.78, 5) is 20.4. The zero-order valence-electron chi connectivity index (χ0n) is 21.9. The van der Waals surface area contributed by atoms with E-state index < -0.39 is 11.9 Å². The molecule has 0 fully saturated rings. The summed E-state index contributed by atoms with van der Waals surface area (Å²) >= 11 is 6.68. The number of halogens is 2. The lowest BCUT2D eigenvalue weighted by atomic mass is 9.97. The Labute approximate surface area is 235 Å². The molecule has 1 amide bonds. The number of hydrogen-bond donors (Lipinski definition) is 1. The molecule has 202 valence electrons. The van der Waals surface area contributed by atoms with E-state index in [1.54, 1.807) is 35.9 Å². The molecule has 0 spiro atoms. The number of rotatable bonds is 8. The third-order valence-electron chi connectivity index (χ3n) is 7.18. The van der Waals surface area contributed by atoms with Crippen LogP contribution in [0.5, 0.6) is 11.5 Å². The molecule has 2 aromatic heterocycles.